The second-order valence-corrected chi connectivity index (χ2v) is 5.71. The summed E-state index contributed by atoms with van der Waals surface area (Å²) in [5.74, 6) is 0.712. The normalized spacial score (nSPS) is 40.1. The van der Waals surface area contributed by atoms with Crippen LogP contribution in [0.3, 0.4) is 0 Å². The van der Waals surface area contributed by atoms with E-state index in [1.807, 2.05) is 0 Å². The molecule has 94 valence electrons. The Morgan fingerprint density at radius 2 is 2.06 bits per heavy atom. The lowest BCUT2D eigenvalue weighted by molar-refractivity contribution is -0.150. The van der Waals surface area contributed by atoms with E-state index < -0.39 is 0 Å². The second-order valence-electron chi connectivity index (χ2n) is 5.71. The number of aliphatic hydroxyl groups excluding tert-OH is 1. The van der Waals surface area contributed by atoms with Crippen molar-refractivity contribution < 1.29 is 14.6 Å². The lowest BCUT2D eigenvalue weighted by Gasteiger charge is -2.18. The Balaban J connectivity index is 1.50. The Morgan fingerprint density at radius 3 is 2.65 bits per heavy atom. The predicted molar refractivity (Wildman–Crippen MR) is 63.2 cm³/mol. The summed E-state index contributed by atoms with van der Waals surface area (Å²) in [5.41, 5.74) is 0. The Kier molecular flexibility index (Phi) is 2.95. The van der Waals surface area contributed by atoms with Crippen LogP contribution in [0.15, 0.2) is 12.2 Å². The molecule has 0 saturated heterocycles. The lowest BCUT2D eigenvalue weighted by atomic mass is 9.90. The van der Waals surface area contributed by atoms with Gasteiger partial charge in [-0.2, -0.15) is 0 Å². The molecule has 0 amide bonds. The Hall–Kier alpha value is -0.830. The molecule has 0 spiro atoms. The average Bonchev–Trinajstić information content (AvgIpc) is 2.97. The SMILES string of the molecule is O=C(CC1CC2C=CC1C2O)OC1CCCC1. The number of hydrogen-bond acceptors (Lipinski definition) is 3. The first-order chi connectivity index (χ1) is 8.24. The molecular weight excluding hydrogens is 216 g/mol. The van der Waals surface area contributed by atoms with Crippen LogP contribution in [0.25, 0.3) is 0 Å². The van der Waals surface area contributed by atoms with Crippen molar-refractivity contribution in [3.63, 3.8) is 0 Å². The largest absolute Gasteiger partial charge is 0.462 e. The molecule has 3 rings (SSSR count). The van der Waals surface area contributed by atoms with Gasteiger partial charge in [-0.25, -0.2) is 0 Å². The van der Waals surface area contributed by atoms with Gasteiger partial charge < -0.3 is 9.84 Å². The standard InChI is InChI=1S/C14H20O3/c15-13(17-11-3-1-2-4-11)8-10-7-9-5-6-12(10)14(9)16/h5-6,9-12,14,16H,1-4,7-8H2. The molecule has 1 N–H and O–H groups in total. The molecule has 0 aromatic rings. The van der Waals surface area contributed by atoms with Gasteiger partial charge in [-0.05, 0) is 38.0 Å². The minimum atomic E-state index is -0.251. The minimum absolute atomic E-state index is 0.0601. The summed E-state index contributed by atoms with van der Waals surface area (Å²) < 4.78 is 5.47. The number of hydrogen-bond donors (Lipinski definition) is 1. The predicted octanol–water partition coefficient (Wildman–Crippen LogP) is 2.05. The molecule has 3 aliphatic carbocycles. The molecule has 0 aliphatic heterocycles. The molecule has 3 aliphatic rings. The molecule has 0 aromatic carbocycles. The maximum atomic E-state index is 11.8. The van der Waals surface area contributed by atoms with E-state index in [9.17, 15) is 9.90 Å². The van der Waals surface area contributed by atoms with Crippen LogP contribution in [0, 0.1) is 17.8 Å². The molecule has 2 saturated carbocycles. The smallest absolute Gasteiger partial charge is 0.306 e. The third-order valence-electron chi connectivity index (χ3n) is 4.56. The number of esters is 1. The summed E-state index contributed by atoms with van der Waals surface area (Å²) in [4.78, 5) is 11.8. The zero-order valence-corrected chi connectivity index (χ0v) is 10.0. The molecule has 4 unspecified atom stereocenters. The fourth-order valence-corrected chi connectivity index (χ4v) is 3.62. The number of ether oxygens (including phenoxy) is 1. The van der Waals surface area contributed by atoms with Gasteiger partial charge in [0.25, 0.3) is 0 Å². The molecule has 0 heterocycles. The molecule has 3 heteroatoms. The topological polar surface area (TPSA) is 46.5 Å². The summed E-state index contributed by atoms with van der Waals surface area (Å²) in [6.45, 7) is 0. The van der Waals surface area contributed by atoms with Crippen molar-refractivity contribution in [2.75, 3.05) is 0 Å². The highest BCUT2D eigenvalue weighted by Crippen LogP contribution is 2.45. The van der Waals surface area contributed by atoms with Crippen molar-refractivity contribution in [3.8, 4) is 0 Å². The van der Waals surface area contributed by atoms with Gasteiger partial charge in [0.1, 0.15) is 6.10 Å². The van der Waals surface area contributed by atoms with Gasteiger partial charge in [-0.1, -0.05) is 12.2 Å². The van der Waals surface area contributed by atoms with Crippen LogP contribution in [0.1, 0.15) is 38.5 Å². The van der Waals surface area contributed by atoms with Gasteiger partial charge in [-0.15, -0.1) is 0 Å². The van der Waals surface area contributed by atoms with Crippen molar-refractivity contribution in [3.05, 3.63) is 12.2 Å². The third-order valence-corrected chi connectivity index (χ3v) is 4.56. The van der Waals surface area contributed by atoms with E-state index in [-0.39, 0.29) is 30.0 Å². The van der Waals surface area contributed by atoms with Crippen LogP contribution in [-0.2, 0) is 9.53 Å². The number of rotatable bonds is 3. The van der Waals surface area contributed by atoms with E-state index in [0.717, 1.165) is 19.3 Å². The summed E-state index contributed by atoms with van der Waals surface area (Å²) in [7, 11) is 0. The van der Waals surface area contributed by atoms with Gasteiger partial charge >= 0.3 is 5.97 Å². The highest BCUT2D eigenvalue weighted by atomic mass is 16.5. The van der Waals surface area contributed by atoms with Crippen LogP contribution in [0.5, 0.6) is 0 Å². The van der Waals surface area contributed by atoms with Gasteiger partial charge in [0.05, 0.1) is 6.10 Å². The van der Waals surface area contributed by atoms with E-state index in [1.54, 1.807) is 0 Å². The maximum absolute atomic E-state index is 11.8. The quantitative estimate of drug-likeness (QED) is 0.602. The van der Waals surface area contributed by atoms with Crippen molar-refractivity contribution in [1.82, 2.24) is 0 Å². The summed E-state index contributed by atoms with van der Waals surface area (Å²) in [5, 5.41) is 9.88. The van der Waals surface area contributed by atoms with Gasteiger partial charge in [-0.3, -0.25) is 4.79 Å². The fraction of sp³-hybridized carbons (Fsp3) is 0.786. The van der Waals surface area contributed by atoms with Crippen LogP contribution in [0.4, 0.5) is 0 Å². The van der Waals surface area contributed by atoms with Crippen molar-refractivity contribution >= 4 is 5.97 Å². The monoisotopic (exact) mass is 236 g/mol. The summed E-state index contributed by atoms with van der Waals surface area (Å²) >= 11 is 0. The maximum Gasteiger partial charge on any atom is 0.306 e. The van der Waals surface area contributed by atoms with E-state index >= 15 is 0 Å². The van der Waals surface area contributed by atoms with Gasteiger partial charge in [0.15, 0.2) is 0 Å². The number of carbonyl (C=O) groups excluding carboxylic acids is 1. The fourth-order valence-electron chi connectivity index (χ4n) is 3.62. The van der Waals surface area contributed by atoms with E-state index in [4.69, 9.17) is 4.74 Å². The molecule has 2 bridgehead atoms. The molecule has 17 heavy (non-hydrogen) atoms. The van der Waals surface area contributed by atoms with Crippen LogP contribution in [0.2, 0.25) is 0 Å². The number of carbonyl (C=O) groups is 1. The highest BCUT2D eigenvalue weighted by Gasteiger charge is 2.44. The summed E-state index contributed by atoms with van der Waals surface area (Å²) in [6.07, 6.45) is 9.96. The molecule has 4 atom stereocenters. The van der Waals surface area contributed by atoms with E-state index in [1.165, 1.54) is 12.8 Å². The van der Waals surface area contributed by atoms with E-state index in [2.05, 4.69) is 12.2 Å². The van der Waals surface area contributed by atoms with Crippen LogP contribution in [-0.4, -0.2) is 23.3 Å². The first kappa shape index (κ1) is 11.3. The minimum Gasteiger partial charge on any atom is -0.462 e. The highest BCUT2D eigenvalue weighted by molar-refractivity contribution is 5.70. The van der Waals surface area contributed by atoms with Crippen molar-refractivity contribution in [2.45, 2.75) is 50.7 Å². The molecule has 2 fully saturated rings. The molecular formula is C14H20O3. The zero-order valence-electron chi connectivity index (χ0n) is 10.0. The Bertz CT molecular complexity index is 330. The third kappa shape index (κ3) is 2.13. The number of fused-ring (bicyclic) bond motifs is 2. The zero-order chi connectivity index (χ0) is 11.8. The first-order valence-corrected chi connectivity index (χ1v) is 6.80. The van der Waals surface area contributed by atoms with Gasteiger partial charge in [0.2, 0.25) is 0 Å². The van der Waals surface area contributed by atoms with Crippen molar-refractivity contribution in [2.24, 2.45) is 17.8 Å². The van der Waals surface area contributed by atoms with E-state index in [0.29, 0.717) is 12.3 Å². The van der Waals surface area contributed by atoms with Crippen LogP contribution < -0.4 is 0 Å². The van der Waals surface area contributed by atoms with Gasteiger partial charge in [0, 0.05) is 18.3 Å². The summed E-state index contributed by atoms with van der Waals surface area (Å²) in [6, 6.07) is 0. The average molecular weight is 236 g/mol. The molecule has 0 aromatic heterocycles. The molecule has 3 nitrogen and oxygen atoms in total. The Labute approximate surface area is 102 Å². The molecule has 0 radical (unpaired) electrons. The number of aliphatic hydroxyl groups is 1. The first-order valence-electron chi connectivity index (χ1n) is 6.80. The Morgan fingerprint density at radius 1 is 1.29 bits per heavy atom. The lowest BCUT2D eigenvalue weighted by Crippen LogP contribution is -2.21. The second kappa shape index (κ2) is 4.45. The van der Waals surface area contributed by atoms with Crippen LogP contribution >= 0.6 is 0 Å². The van der Waals surface area contributed by atoms with Crippen molar-refractivity contribution in [1.29, 1.82) is 0 Å².